The minimum absolute atomic E-state index is 0.269. The van der Waals surface area contributed by atoms with Gasteiger partial charge >= 0.3 is 0 Å². The van der Waals surface area contributed by atoms with Gasteiger partial charge in [-0.2, -0.15) is 0 Å². The lowest BCUT2D eigenvalue weighted by molar-refractivity contribution is 0.481. The molecule has 0 spiro atoms. The summed E-state index contributed by atoms with van der Waals surface area (Å²) in [6.07, 6.45) is 0. The van der Waals surface area contributed by atoms with Crippen LogP contribution in [0, 0.1) is 0 Å². The standard InChI is InChI=1S/C14H9ClO/c15-13-5-6-14(16)12-8-10-4-2-1-3-9(10)7-11(12)13/h1-8,16H. The van der Waals surface area contributed by atoms with Gasteiger partial charge in [0, 0.05) is 15.8 Å². The Morgan fingerprint density at radius 2 is 1.44 bits per heavy atom. The molecule has 0 atom stereocenters. The smallest absolute Gasteiger partial charge is 0.123 e. The maximum atomic E-state index is 9.80. The van der Waals surface area contributed by atoms with E-state index in [2.05, 4.69) is 0 Å². The number of hydrogen-bond acceptors (Lipinski definition) is 1. The number of halogens is 1. The Hall–Kier alpha value is -1.73. The predicted octanol–water partition coefficient (Wildman–Crippen LogP) is 4.35. The van der Waals surface area contributed by atoms with Crippen LogP contribution >= 0.6 is 11.6 Å². The molecule has 0 amide bonds. The Balaban J connectivity index is 2.56. The number of rotatable bonds is 0. The predicted molar refractivity (Wildman–Crippen MR) is 68.1 cm³/mol. The topological polar surface area (TPSA) is 20.2 Å². The largest absolute Gasteiger partial charge is 0.507 e. The lowest BCUT2D eigenvalue weighted by Gasteiger charge is -2.05. The molecule has 0 aliphatic carbocycles. The maximum absolute atomic E-state index is 9.80. The molecule has 1 N–H and O–H groups in total. The minimum Gasteiger partial charge on any atom is -0.507 e. The molecule has 0 radical (unpaired) electrons. The summed E-state index contributed by atoms with van der Waals surface area (Å²) in [7, 11) is 0. The van der Waals surface area contributed by atoms with E-state index < -0.39 is 0 Å². The summed E-state index contributed by atoms with van der Waals surface area (Å²) in [5, 5.41) is 14.4. The molecule has 3 aromatic rings. The van der Waals surface area contributed by atoms with Crippen molar-refractivity contribution >= 4 is 33.1 Å². The van der Waals surface area contributed by atoms with Crippen LogP contribution < -0.4 is 0 Å². The highest BCUT2D eigenvalue weighted by Crippen LogP contribution is 2.33. The second-order valence-corrected chi connectivity index (χ2v) is 4.22. The van der Waals surface area contributed by atoms with Gasteiger partial charge in [0.25, 0.3) is 0 Å². The molecule has 1 nitrogen and oxygen atoms in total. The van der Waals surface area contributed by atoms with E-state index in [-0.39, 0.29) is 5.75 Å². The zero-order valence-corrected chi connectivity index (χ0v) is 9.20. The molecule has 0 heterocycles. The van der Waals surface area contributed by atoms with Crippen molar-refractivity contribution in [2.45, 2.75) is 0 Å². The number of phenols is 1. The van der Waals surface area contributed by atoms with Crippen LogP contribution in [0.1, 0.15) is 0 Å². The number of benzene rings is 3. The van der Waals surface area contributed by atoms with Crippen molar-refractivity contribution in [2.75, 3.05) is 0 Å². The fourth-order valence-electron chi connectivity index (χ4n) is 1.98. The van der Waals surface area contributed by atoms with Crippen LogP contribution in [0.5, 0.6) is 5.75 Å². The highest BCUT2D eigenvalue weighted by molar-refractivity contribution is 6.36. The summed E-state index contributed by atoms with van der Waals surface area (Å²) in [6, 6.07) is 15.3. The summed E-state index contributed by atoms with van der Waals surface area (Å²) in [5.41, 5.74) is 0. The van der Waals surface area contributed by atoms with Crippen molar-refractivity contribution in [3.8, 4) is 5.75 Å². The zero-order valence-electron chi connectivity index (χ0n) is 8.44. The molecule has 3 aromatic carbocycles. The van der Waals surface area contributed by atoms with E-state index in [1.54, 1.807) is 12.1 Å². The van der Waals surface area contributed by atoms with Crippen molar-refractivity contribution in [1.29, 1.82) is 0 Å². The average Bonchev–Trinajstić information content (AvgIpc) is 2.32. The normalized spacial score (nSPS) is 11.1. The van der Waals surface area contributed by atoms with Gasteiger partial charge < -0.3 is 5.11 Å². The molecule has 0 saturated carbocycles. The maximum Gasteiger partial charge on any atom is 0.123 e. The van der Waals surface area contributed by atoms with Crippen LogP contribution in [0.3, 0.4) is 0 Å². The number of phenolic OH excluding ortho intramolecular Hbond substituents is 1. The van der Waals surface area contributed by atoms with E-state index in [4.69, 9.17) is 11.6 Å². The first-order valence-corrected chi connectivity index (χ1v) is 5.43. The quantitative estimate of drug-likeness (QED) is 0.567. The van der Waals surface area contributed by atoms with Crippen molar-refractivity contribution in [3.63, 3.8) is 0 Å². The second-order valence-electron chi connectivity index (χ2n) is 3.81. The van der Waals surface area contributed by atoms with Crippen LogP contribution in [-0.2, 0) is 0 Å². The summed E-state index contributed by atoms with van der Waals surface area (Å²) in [5.74, 6) is 0.269. The molecular weight excluding hydrogens is 220 g/mol. The zero-order chi connectivity index (χ0) is 11.1. The molecule has 0 fully saturated rings. The third-order valence-corrected chi connectivity index (χ3v) is 3.14. The van der Waals surface area contributed by atoms with Gasteiger partial charge in [-0.1, -0.05) is 35.9 Å². The Labute approximate surface area is 97.9 Å². The van der Waals surface area contributed by atoms with Gasteiger partial charge in [-0.25, -0.2) is 0 Å². The molecule has 0 aromatic heterocycles. The average molecular weight is 229 g/mol. The van der Waals surface area contributed by atoms with E-state index in [1.807, 2.05) is 36.4 Å². The van der Waals surface area contributed by atoms with E-state index in [9.17, 15) is 5.11 Å². The van der Waals surface area contributed by atoms with E-state index in [0.29, 0.717) is 5.02 Å². The summed E-state index contributed by atoms with van der Waals surface area (Å²) >= 11 is 6.12. The van der Waals surface area contributed by atoms with Gasteiger partial charge in [0.2, 0.25) is 0 Å². The van der Waals surface area contributed by atoms with E-state index in [0.717, 1.165) is 21.5 Å². The Bertz CT molecular complexity index is 629. The minimum atomic E-state index is 0.269. The Kier molecular flexibility index (Phi) is 2.01. The molecule has 16 heavy (non-hydrogen) atoms. The molecule has 0 aliphatic rings. The highest BCUT2D eigenvalue weighted by Gasteiger charge is 2.05. The van der Waals surface area contributed by atoms with Crippen molar-refractivity contribution in [2.24, 2.45) is 0 Å². The molecule has 3 rings (SSSR count). The lowest BCUT2D eigenvalue weighted by Crippen LogP contribution is -1.78. The lowest BCUT2D eigenvalue weighted by atomic mass is 10.0. The molecule has 2 heteroatoms. The van der Waals surface area contributed by atoms with Crippen LogP contribution in [0.2, 0.25) is 5.02 Å². The van der Waals surface area contributed by atoms with Crippen LogP contribution in [0.4, 0.5) is 0 Å². The SMILES string of the molecule is Oc1ccc(Cl)c2cc3ccccc3cc12. The molecule has 0 unspecified atom stereocenters. The number of fused-ring (bicyclic) bond motifs is 2. The van der Waals surface area contributed by atoms with Gasteiger partial charge in [-0.05, 0) is 35.0 Å². The van der Waals surface area contributed by atoms with Crippen molar-refractivity contribution in [3.05, 3.63) is 53.6 Å². The molecular formula is C14H9ClO. The Morgan fingerprint density at radius 1 is 0.812 bits per heavy atom. The third-order valence-electron chi connectivity index (χ3n) is 2.81. The molecule has 0 aliphatic heterocycles. The molecule has 0 saturated heterocycles. The number of hydrogen-bond donors (Lipinski definition) is 1. The van der Waals surface area contributed by atoms with Gasteiger partial charge in [-0.15, -0.1) is 0 Å². The summed E-state index contributed by atoms with van der Waals surface area (Å²) in [6.45, 7) is 0. The monoisotopic (exact) mass is 228 g/mol. The van der Waals surface area contributed by atoms with E-state index in [1.165, 1.54) is 0 Å². The van der Waals surface area contributed by atoms with E-state index >= 15 is 0 Å². The molecule has 0 bridgehead atoms. The van der Waals surface area contributed by atoms with Crippen molar-refractivity contribution in [1.82, 2.24) is 0 Å². The highest BCUT2D eigenvalue weighted by atomic mass is 35.5. The van der Waals surface area contributed by atoms with Gasteiger partial charge in [0.1, 0.15) is 5.75 Å². The van der Waals surface area contributed by atoms with Crippen LogP contribution in [-0.4, -0.2) is 5.11 Å². The summed E-state index contributed by atoms with van der Waals surface area (Å²) in [4.78, 5) is 0. The Morgan fingerprint density at radius 3 is 2.12 bits per heavy atom. The first-order valence-electron chi connectivity index (χ1n) is 5.06. The second kappa shape index (κ2) is 3.39. The third kappa shape index (κ3) is 1.33. The number of aromatic hydroxyl groups is 1. The first-order chi connectivity index (χ1) is 7.75. The van der Waals surface area contributed by atoms with Crippen LogP contribution in [0.15, 0.2) is 48.5 Å². The van der Waals surface area contributed by atoms with Gasteiger partial charge in [0.15, 0.2) is 0 Å². The van der Waals surface area contributed by atoms with Gasteiger partial charge in [0.05, 0.1) is 0 Å². The molecule has 78 valence electrons. The van der Waals surface area contributed by atoms with Gasteiger partial charge in [-0.3, -0.25) is 0 Å². The van der Waals surface area contributed by atoms with Crippen LogP contribution in [0.25, 0.3) is 21.5 Å². The fourth-order valence-corrected chi connectivity index (χ4v) is 2.20. The van der Waals surface area contributed by atoms with Crippen molar-refractivity contribution < 1.29 is 5.11 Å². The fraction of sp³-hybridized carbons (Fsp3) is 0. The summed E-state index contributed by atoms with van der Waals surface area (Å²) < 4.78 is 0. The first kappa shape index (κ1) is 9.49.